The first-order chi connectivity index (χ1) is 17.9. The Bertz CT molecular complexity index is 1020. The average Bonchev–Trinajstić information content (AvgIpc) is 3.01. The van der Waals surface area contributed by atoms with E-state index < -0.39 is 0 Å². The minimum atomic E-state index is 0. The number of hydrogen-bond acceptors (Lipinski definition) is 5. The smallest absolute Gasteiger partial charge is 0.116 e. The Morgan fingerprint density at radius 1 is 0.395 bits per heavy atom. The maximum atomic E-state index is 4.18. The molecule has 3 heterocycles. The van der Waals surface area contributed by atoms with Gasteiger partial charge >= 0.3 is 0 Å². The van der Waals surface area contributed by atoms with Crippen LogP contribution in [0, 0.1) is 22.3 Å². The molecule has 0 atom stereocenters. The summed E-state index contributed by atoms with van der Waals surface area (Å²) in [5.74, 6) is 0. The zero-order valence-electron chi connectivity index (χ0n) is 26.4. The molecule has 0 bridgehead atoms. The van der Waals surface area contributed by atoms with Crippen LogP contribution in [0.15, 0.2) is 116 Å². The van der Waals surface area contributed by atoms with Crippen molar-refractivity contribution < 1.29 is 63.2 Å². The number of hydrogen-bond donors (Lipinski definition) is 0. The molecular formula is C35H50N5W3-3. The molecule has 236 valence electrons. The van der Waals surface area contributed by atoms with Gasteiger partial charge in [0.25, 0.3) is 0 Å². The van der Waals surface area contributed by atoms with E-state index >= 15 is 0 Å². The third kappa shape index (κ3) is 21.2. The van der Waals surface area contributed by atoms with Gasteiger partial charge in [-0.1, -0.05) is 104 Å². The Morgan fingerprint density at radius 2 is 0.744 bits per heavy atom. The molecule has 0 N–H and O–H groups in total. The summed E-state index contributed by atoms with van der Waals surface area (Å²) in [6, 6.07) is 27.8. The van der Waals surface area contributed by atoms with E-state index in [0.717, 1.165) is 27.5 Å². The number of para-hydroxylation sites is 4. The Kier molecular flexibility index (Phi) is 49.8. The average molecular weight is 1090 g/mol. The second-order valence-electron chi connectivity index (χ2n) is 6.32. The summed E-state index contributed by atoms with van der Waals surface area (Å²) in [4.78, 5) is 20.4. The van der Waals surface area contributed by atoms with Crippen molar-refractivity contribution in [3.8, 4) is 0 Å². The summed E-state index contributed by atoms with van der Waals surface area (Å²) in [5.41, 5.74) is 3.96. The third-order valence-corrected chi connectivity index (χ3v) is 4.30. The molecule has 43 heavy (non-hydrogen) atoms. The molecule has 0 spiro atoms. The predicted molar refractivity (Wildman–Crippen MR) is 181 cm³/mol. The van der Waals surface area contributed by atoms with Gasteiger partial charge in [-0.05, 0) is 30.3 Å². The van der Waals surface area contributed by atoms with E-state index in [1.165, 1.54) is 5.39 Å². The number of nitrogens with zero attached hydrogens (tertiary/aromatic N) is 5. The fraction of sp³-hybridized carbons (Fsp3) is 0.200. The van der Waals surface area contributed by atoms with Crippen LogP contribution in [-0.4, -0.2) is 24.9 Å². The van der Waals surface area contributed by atoms with E-state index in [-0.39, 0.29) is 92.9 Å². The Morgan fingerprint density at radius 3 is 1.19 bits per heavy atom. The topological polar surface area (TPSA) is 64.5 Å². The molecule has 0 unspecified atom stereocenters. The number of aromatic nitrogens is 5. The van der Waals surface area contributed by atoms with Crippen LogP contribution in [-0.2, 0) is 63.2 Å². The van der Waals surface area contributed by atoms with Crippen molar-refractivity contribution in [1.82, 2.24) is 24.9 Å². The largest absolute Gasteiger partial charge is 0.358 e. The molecule has 3 aromatic carbocycles. The molecule has 0 radical (unpaired) electrons. The summed E-state index contributed by atoms with van der Waals surface area (Å²) in [6.07, 6.45) is 8.57. The second kappa shape index (κ2) is 37.8. The Labute approximate surface area is 306 Å². The summed E-state index contributed by atoms with van der Waals surface area (Å²) in [5, 5.41) is 2.29. The van der Waals surface area contributed by atoms with Crippen LogP contribution in [0.25, 0.3) is 32.8 Å². The number of fused-ring (bicyclic) bond motifs is 3. The number of benzene rings is 3. The van der Waals surface area contributed by atoms with Crippen molar-refractivity contribution in [3.63, 3.8) is 0 Å². The molecule has 0 aliphatic heterocycles. The maximum absolute atomic E-state index is 4.18. The molecule has 0 fully saturated rings. The first-order valence-electron chi connectivity index (χ1n) is 12.5. The maximum Gasteiger partial charge on any atom is 0.116 e. The quantitative estimate of drug-likeness (QED) is 0.142. The minimum Gasteiger partial charge on any atom is -0.358 e. The SMILES string of the molecule is C.CC.CC.CC.[CH3-].[CH3-].[CH3-].[W].[W].[W].c1ccc2ncccc2c1.c1ccc2nccnc2c1.c1ccc2ncncc2c1. The first-order valence-corrected chi connectivity index (χ1v) is 12.5. The van der Waals surface area contributed by atoms with Crippen LogP contribution in [0.3, 0.4) is 0 Å². The molecule has 8 heteroatoms. The molecule has 0 saturated heterocycles. The zero-order valence-corrected chi connectivity index (χ0v) is 35.2. The van der Waals surface area contributed by atoms with Crippen LogP contribution < -0.4 is 0 Å². The normalized spacial score (nSPS) is 7.40. The van der Waals surface area contributed by atoms with E-state index in [4.69, 9.17) is 0 Å². The predicted octanol–water partition coefficient (Wildman–Crippen LogP) is 10.6. The van der Waals surface area contributed by atoms with Gasteiger partial charge < -0.3 is 22.3 Å². The van der Waals surface area contributed by atoms with Gasteiger partial charge in [0.2, 0.25) is 0 Å². The van der Waals surface area contributed by atoms with E-state index in [1.807, 2.05) is 127 Å². The van der Waals surface area contributed by atoms with Crippen molar-refractivity contribution in [1.29, 1.82) is 0 Å². The monoisotopic (exact) mass is 1090 g/mol. The second-order valence-corrected chi connectivity index (χ2v) is 6.32. The van der Waals surface area contributed by atoms with Crippen molar-refractivity contribution in [2.24, 2.45) is 0 Å². The van der Waals surface area contributed by atoms with Crippen molar-refractivity contribution in [2.45, 2.75) is 49.0 Å². The summed E-state index contributed by atoms with van der Waals surface area (Å²) in [6.45, 7) is 12.0. The van der Waals surface area contributed by atoms with Crippen molar-refractivity contribution in [3.05, 3.63) is 138 Å². The zero-order chi connectivity index (χ0) is 26.4. The van der Waals surface area contributed by atoms with Gasteiger partial charge in [-0.2, -0.15) is 0 Å². The van der Waals surface area contributed by atoms with Gasteiger partial charge in [-0.25, -0.2) is 9.97 Å². The van der Waals surface area contributed by atoms with Crippen LogP contribution in [0.1, 0.15) is 49.0 Å². The van der Waals surface area contributed by atoms with Gasteiger partial charge in [-0.3, -0.25) is 15.0 Å². The molecule has 6 rings (SSSR count). The summed E-state index contributed by atoms with van der Waals surface area (Å²) >= 11 is 0. The molecular weight excluding hydrogens is 1040 g/mol. The standard InChI is InChI=1S/C9H7N.2C8H6N2.3C2H6.CH4.3CH3.3W/c1-2-6-9-8(4-1)5-3-7-10-9;1-2-4-8-7(3-1)5-9-6-10-8;1-2-4-8-7(3-1)9-5-6-10-8;3*1-2;;;;;;;/h1-7H;2*1-6H;3*1-2H3;1H4;3*1H3;;;/q;;;;;;;3*-1;;;. The van der Waals surface area contributed by atoms with E-state index in [2.05, 4.69) is 37.1 Å². The van der Waals surface area contributed by atoms with Crippen molar-refractivity contribution in [2.75, 3.05) is 0 Å². The van der Waals surface area contributed by atoms with Gasteiger partial charge in [0.05, 0.1) is 22.1 Å². The molecule has 6 aromatic rings. The van der Waals surface area contributed by atoms with Gasteiger partial charge in [0, 0.05) is 98.8 Å². The van der Waals surface area contributed by atoms with Gasteiger partial charge in [0.1, 0.15) is 6.33 Å². The molecule has 0 amide bonds. The molecule has 3 aromatic heterocycles. The number of pyridine rings is 1. The number of rotatable bonds is 0. The van der Waals surface area contributed by atoms with Crippen molar-refractivity contribution >= 4 is 32.8 Å². The summed E-state index contributed by atoms with van der Waals surface area (Å²) in [7, 11) is 0. The van der Waals surface area contributed by atoms with Crippen LogP contribution in [0.5, 0.6) is 0 Å². The molecule has 0 aliphatic carbocycles. The van der Waals surface area contributed by atoms with Crippen LogP contribution >= 0.6 is 0 Å². The Balaban J connectivity index is -0.0000000773. The molecule has 5 nitrogen and oxygen atoms in total. The van der Waals surface area contributed by atoms with E-state index in [9.17, 15) is 0 Å². The molecule has 0 saturated carbocycles. The van der Waals surface area contributed by atoms with E-state index in [1.54, 1.807) is 18.7 Å². The molecule has 0 aliphatic rings. The minimum absolute atomic E-state index is 0. The van der Waals surface area contributed by atoms with Crippen LogP contribution in [0.2, 0.25) is 0 Å². The third-order valence-electron chi connectivity index (χ3n) is 4.30. The summed E-state index contributed by atoms with van der Waals surface area (Å²) < 4.78 is 0. The fourth-order valence-electron chi connectivity index (χ4n) is 2.85. The van der Waals surface area contributed by atoms with Gasteiger partial charge in [0.15, 0.2) is 0 Å². The van der Waals surface area contributed by atoms with E-state index in [0.29, 0.717) is 0 Å². The first kappa shape index (κ1) is 56.6. The van der Waals surface area contributed by atoms with Gasteiger partial charge in [-0.15, -0.1) is 0 Å². The fourth-order valence-corrected chi connectivity index (χ4v) is 2.85. The Hall–Kier alpha value is -2.19. The van der Waals surface area contributed by atoms with Crippen LogP contribution in [0.4, 0.5) is 0 Å².